The van der Waals surface area contributed by atoms with Crippen molar-refractivity contribution >= 4 is 20.8 Å². The van der Waals surface area contributed by atoms with Crippen LogP contribution in [0.2, 0.25) is 0 Å². The number of hydrogen-bond donors (Lipinski definition) is 4. The molecule has 17 heavy (non-hydrogen) atoms. The van der Waals surface area contributed by atoms with Crippen molar-refractivity contribution in [2.75, 3.05) is 13.2 Å². The SMILES string of the molecule is C[C@@H]1CCCN=C1N[C@@H](P(C)(=O)O)P(=O)(O)O. The highest BCUT2D eigenvalue weighted by Crippen LogP contribution is 2.58. The molecule has 0 saturated carbocycles. The number of amidine groups is 1. The van der Waals surface area contributed by atoms with Crippen LogP contribution in [0.4, 0.5) is 0 Å². The van der Waals surface area contributed by atoms with E-state index >= 15 is 0 Å². The number of rotatable bonds is 3. The molecule has 1 unspecified atom stereocenters. The fourth-order valence-electron chi connectivity index (χ4n) is 1.69. The zero-order chi connectivity index (χ0) is 13.3. The van der Waals surface area contributed by atoms with Crippen molar-refractivity contribution in [2.45, 2.75) is 25.3 Å². The summed E-state index contributed by atoms with van der Waals surface area (Å²) in [6, 6.07) is 0. The third-order valence-corrected chi connectivity index (χ3v) is 6.58. The van der Waals surface area contributed by atoms with Gasteiger partial charge in [-0.15, -0.1) is 0 Å². The van der Waals surface area contributed by atoms with E-state index in [1.54, 1.807) is 0 Å². The first kappa shape index (κ1) is 14.9. The molecule has 0 fully saturated rings. The lowest BCUT2D eigenvalue weighted by molar-refractivity contribution is 0.359. The topological polar surface area (TPSA) is 119 Å². The van der Waals surface area contributed by atoms with Crippen LogP contribution in [0.1, 0.15) is 19.8 Å². The highest BCUT2D eigenvalue weighted by atomic mass is 31.2. The molecule has 0 bridgehead atoms. The molecule has 0 aromatic rings. The van der Waals surface area contributed by atoms with Crippen LogP contribution in [0, 0.1) is 5.92 Å². The fraction of sp³-hybridized carbons (Fsp3) is 0.875. The van der Waals surface area contributed by atoms with Crippen molar-refractivity contribution in [3.8, 4) is 0 Å². The summed E-state index contributed by atoms with van der Waals surface area (Å²) in [6.45, 7) is 3.36. The zero-order valence-corrected chi connectivity index (χ0v) is 11.6. The molecule has 1 heterocycles. The van der Waals surface area contributed by atoms with E-state index in [9.17, 15) is 14.0 Å². The van der Waals surface area contributed by atoms with Gasteiger partial charge in [-0.05, 0) is 12.8 Å². The van der Waals surface area contributed by atoms with Crippen molar-refractivity contribution in [3.63, 3.8) is 0 Å². The van der Waals surface area contributed by atoms with Crippen LogP contribution < -0.4 is 5.32 Å². The van der Waals surface area contributed by atoms with Gasteiger partial charge in [-0.1, -0.05) is 6.92 Å². The molecule has 0 saturated heterocycles. The van der Waals surface area contributed by atoms with E-state index in [4.69, 9.17) is 9.79 Å². The molecule has 0 aromatic heterocycles. The monoisotopic (exact) mass is 284 g/mol. The lowest BCUT2D eigenvalue weighted by Gasteiger charge is -2.28. The van der Waals surface area contributed by atoms with Crippen LogP contribution in [0.15, 0.2) is 4.99 Å². The molecule has 1 aliphatic heterocycles. The third-order valence-electron chi connectivity index (χ3n) is 2.59. The van der Waals surface area contributed by atoms with E-state index in [-0.39, 0.29) is 5.92 Å². The second-order valence-electron chi connectivity index (χ2n) is 4.36. The Labute approximate surface area is 100.0 Å². The summed E-state index contributed by atoms with van der Waals surface area (Å²) in [5, 5.41) is 2.46. The van der Waals surface area contributed by atoms with Gasteiger partial charge in [-0.3, -0.25) is 14.1 Å². The second kappa shape index (κ2) is 5.21. The molecule has 0 amide bonds. The van der Waals surface area contributed by atoms with Gasteiger partial charge in [-0.25, -0.2) is 0 Å². The van der Waals surface area contributed by atoms with E-state index in [0.29, 0.717) is 12.4 Å². The molecular weight excluding hydrogens is 266 g/mol. The summed E-state index contributed by atoms with van der Waals surface area (Å²) in [4.78, 5) is 31.7. The second-order valence-corrected chi connectivity index (χ2v) is 8.87. The molecule has 7 nitrogen and oxygen atoms in total. The molecule has 3 atom stereocenters. The molecule has 0 aromatic carbocycles. The first-order chi connectivity index (χ1) is 7.62. The Kier molecular flexibility index (Phi) is 4.55. The van der Waals surface area contributed by atoms with Gasteiger partial charge in [0, 0.05) is 19.1 Å². The predicted molar refractivity (Wildman–Crippen MR) is 65.4 cm³/mol. The zero-order valence-electron chi connectivity index (χ0n) is 9.78. The Morgan fingerprint density at radius 3 is 2.41 bits per heavy atom. The average Bonchev–Trinajstić information content (AvgIpc) is 2.12. The lowest BCUT2D eigenvalue weighted by Crippen LogP contribution is -2.39. The summed E-state index contributed by atoms with van der Waals surface area (Å²) in [5.41, 5.74) is -1.77. The summed E-state index contributed by atoms with van der Waals surface area (Å²) < 4.78 is 22.7. The maximum atomic E-state index is 11.5. The molecular formula is C8H18N2O5P2. The standard InChI is InChI=1S/C8H18N2O5P2/c1-6-4-3-5-9-7(6)10-8(16(2,11)12)17(13,14)15/h6,8H,3-5H2,1-2H3,(H,9,10)(H,11,12)(H2,13,14,15)/t6-,8+/m1/s1. The molecule has 9 heteroatoms. The highest BCUT2D eigenvalue weighted by Gasteiger charge is 2.42. The number of nitrogens with one attached hydrogen (secondary N) is 1. The quantitative estimate of drug-likeness (QED) is 0.568. The van der Waals surface area contributed by atoms with Crippen molar-refractivity contribution in [1.29, 1.82) is 0 Å². The Bertz CT molecular complexity index is 377. The Hall–Kier alpha value is -0.190. The first-order valence-electron chi connectivity index (χ1n) is 5.28. The molecule has 0 aliphatic carbocycles. The molecule has 100 valence electrons. The van der Waals surface area contributed by atoms with Crippen molar-refractivity contribution in [1.82, 2.24) is 5.32 Å². The van der Waals surface area contributed by atoms with Crippen molar-refractivity contribution < 1.29 is 23.8 Å². The van der Waals surface area contributed by atoms with Crippen LogP contribution in [0.5, 0.6) is 0 Å². The summed E-state index contributed by atoms with van der Waals surface area (Å²) in [6.07, 6.45) is 1.76. The maximum Gasteiger partial charge on any atom is 0.357 e. The first-order valence-corrected chi connectivity index (χ1v) is 9.14. The van der Waals surface area contributed by atoms with Crippen molar-refractivity contribution in [3.05, 3.63) is 0 Å². The fourth-order valence-corrected chi connectivity index (χ4v) is 4.60. The Morgan fingerprint density at radius 1 is 1.41 bits per heavy atom. The predicted octanol–water partition coefficient (Wildman–Crippen LogP) is 0.766. The van der Waals surface area contributed by atoms with E-state index in [1.807, 2.05) is 6.92 Å². The number of aliphatic imine (C=N–C) groups is 1. The van der Waals surface area contributed by atoms with E-state index in [0.717, 1.165) is 19.5 Å². The van der Waals surface area contributed by atoms with Gasteiger partial charge in [0.25, 0.3) is 0 Å². The largest absolute Gasteiger partial charge is 0.357 e. The van der Waals surface area contributed by atoms with Gasteiger partial charge < -0.3 is 20.0 Å². The summed E-state index contributed by atoms with van der Waals surface area (Å²) >= 11 is 0. The van der Waals surface area contributed by atoms with Gasteiger partial charge in [-0.2, -0.15) is 0 Å². The minimum Gasteiger partial charge on any atom is -0.352 e. The molecule has 4 N–H and O–H groups in total. The Morgan fingerprint density at radius 2 is 2.00 bits per heavy atom. The van der Waals surface area contributed by atoms with Gasteiger partial charge in [0.15, 0.2) is 0 Å². The van der Waals surface area contributed by atoms with Crippen LogP contribution in [0.25, 0.3) is 0 Å². The molecule has 1 aliphatic rings. The number of hydrogen-bond acceptors (Lipinski definition) is 4. The molecule has 0 spiro atoms. The van der Waals surface area contributed by atoms with Crippen molar-refractivity contribution in [2.24, 2.45) is 10.9 Å². The van der Waals surface area contributed by atoms with Crippen LogP contribution >= 0.6 is 15.0 Å². The van der Waals surface area contributed by atoms with Gasteiger partial charge in [0.05, 0.1) is 0 Å². The van der Waals surface area contributed by atoms with E-state index in [2.05, 4.69) is 10.3 Å². The van der Waals surface area contributed by atoms with E-state index in [1.165, 1.54) is 0 Å². The minimum atomic E-state index is -4.70. The van der Waals surface area contributed by atoms with Gasteiger partial charge in [0.2, 0.25) is 12.9 Å². The minimum absolute atomic E-state index is 0.0179. The molecule has 1 rings (SSSR count). The lowest BCUT2D eigenvalue weighted by atomic mass is 10.0. The third kappa shape index (κ3) is 4.19. The normalized spacial score (nSPS) is 26.9. The van der Waals surface area contributed by atoms with Crippen LogP contribution in [-0.4, -0.2) is 39.2 Å². The average molecular weight is 284 g/mol. The molecule has 0 radical (unpaired) electrons. The van der Waals surface area contributed by atoms with Crippen LogP contribution in [0.3, 0.4) is 0 Å². The summed E-state index contributed by atoms with van der Waals surface area (Å²) in [5.74, 6) is 0.421. The van der Waals surface area contributed by atoms with Gasteiger partial charge in [0.1, 0.15) is 5.84 Å². The van der Waals surface area contributed by atoms with Crippen LogP contribution in [-0.2, 0) is 9.13 Å². The highest BCUT2D eigenvalue weighted by molar-refractivity contribution is 7.73. The Balaban J connectivity index is 2.92. The number of nitrogens with zero attached hydrogens (tertiary/aromatic N) is 1. The van der Waals surface area contributed by atoms with Gasteiger partial charge >= 0.3 is 7.60 Å². The maximum absolute atomic E-state index is 11.5. The summed E-state index contributed by atoms with van der Waals surface area (Å²) in [7, 11) is -8.64. The van der Waals surface area contributed by atoms with E-state index < -0.39 is 20.5 Å². The smallest absolute Gasteiger partial charge is 0.352 e.